The predicted molar refractivity (Wildman–Crippen MR) is 126 cm³/mol. The first-order valence-corrected chi connectivity index (χ1v) is 12.4. The van der Waals surface area contributed by atoms with Gasteiger partial charge in [0, 0.05) is 22.0 Å². The Labute approximate surface area is 190 Å². The molecule has 7 heteroatoms. The van der Waals surface area contributed by atoms with Crippen LogP contribution in [0.25, 0.3) is 0 Å². The van der Waals surface area contributed by atoms with Gasteiger partial charge in [0.25, 0.3) is 0 Å². The molecule has 0 aliphatic rings. The summed E-state index contributed by atoms with van der Waals surface area (Å²) in [5.74, 6) is -0.662. The largest absolute Gasteiger partial charge is 0.325 e. The van der Waals surface area contributed by atoms with Crippen molar-refractivity contribution < 1.29 is 18.0 Å². The lowest BCUT2D eigenvalue weighted by atomic mass is 10.0. The number of nitrogens with one attached hydrogen (secondary N) is 1. The predicted octanol–water partition coefficient (Wildman–Crippen LogP) is 5.01. The minimum absolute atomic E-state index is 0.0438. The van der Waals surface area contributed by atoms with Crippen molar-refractivity contribution in [3.63, 3.8) is 0 Å². The lowest BCUT2D eigenvalue weighted by molar-refractivity contribution is -0.116. The van der Waals surface area contributed by atoms with E-state index in [0.29, 0.717) is 16.8 Å². The van der Waals surface area contributed by atoms with E-state index in [1.807, 2.05) is 12.1 Å². The fourth-order valence-corrected chi connectivity index (χ4v) is 4.91. The molecule has 0 aliphatic heterocycles. The van der Waals surface area contributed by atoms with Crippen molar-refractivity contribution in [3.8, 4) is 0 Å². The van der Waals surface area contributed by atoms with Gasteiger partial charge in [-0.15, -0.1) is 0 Å². The number of hydrogen-bond donors (Lipinski definition) is 1. The number of amides is 1. The summed E-state index contributed by atoms with van der Waals surface area (Å²) in [6.07, 6.45) is 0.253. The van der Waals surface area contributed by atoms with E-state index in [9.17, 15) is 18.0 Å². The Bertz CT molecular complexity index is 1160. The highest BCUT2D eigenvalue weighted by Crippen LogP contribution is 2.24. The molecular formula is C24H22BrNO4S. The topological polar surface area (TPSA) is 80.3 Å². The molecule has 3 aromatic rings. The van der Waals surface area contributed by atoms with Crippen LogP contribution in [0.4, 0.5) is 5.69 Å². The fraction of sp³-hybridized carbons (Fsp3) is 0.167. The van der Waals surface area contributed by atoms with Gasteiger partial charge >= 0.3 is 0 Å². The van der Waals surface area contributed by atoms with Crippen molar-refractivity contribution in [2.75, 3.05) is 11.1 Å². The van der Waals surface area contributed by atoms with Gasteiger partial charge in [-0.1, -0.05) is 76.6 Å². The molecule has 3 rings (SSSR count). The molecule has 1 N–H and O–H groups in total. The molecule has 0 aromatic heterocycles. The number of ketones is 1. The van der Waals surface area contributed by atoms with Crippen LogP contribution >= 0.6 is 15.9 Å². The third-order valence-electron chi connectivity index (χ3n) is 4.62. The second-order valence-electron chi connectivity index (χ2n) is 7.11. The number of carbonyl (C=O) groups is 2. The number of benzene rings is 3. The van der Waals surface area contributed by atoms with Crippen LogP contribution in [0, 0.1) is 0 Å². The zero-order valence-electron chi connectivity index (χ0n) is 16.8. The second kappa shape index (κ2) is 10.5. The quantitative estimate of drug-likeness (QED) is 0.419. The highest BCUT2D eigenvalue weighted by Gasteiger charge is 2.17. The van der Waals surface area contributed by atoms with Gasteiger partial charge < -0.3 is 5.32 Å². The smallest absolute Gasteiger partial charge is 0.224 e. The molecule has 0 aliphatic carbocycles. The average Bonchev–Trinajstić information content (AvgIpc) is 2.75. The van der Waals surface area contributed by atoms with Crippen molar-refractivity contribution in [3.05, 3.63) is 100 Å². The molecule has 3 aromatic carbocycles. The molecule has 31 heavy (non-hydrogen) atoms. The maximum Gasteiger partial charge on any atom is 0.224 e. The fourth-order valence-electron chi connectivity index (χ4n) is 3.12. The van der Waals surface area contributed by atoms with Crippen LogP contribution in [-0.2, 0) is 20.4 Å². The highest BCUT2D eigenvalue weighted by molar-refractivity contribution is 9.10. The standard InChI is InChI=1S/C24H22BrNO4S/c25-20-13-14-22(21(16-20)24(28)19-10-5-2-6-11-19)26-23(27)12-7-15-31(29,30)17-18-8-3-1-4-9-18/h1-6,8-11,13-14,16H,7,12,15,17H2,(H,26,27). The van der Waals surface area contributed by atoms with Gasteiger partial charge in [-0.05, 0) is 30.2 Å². The van der Waals surface area contributed by atoms with Gasteiger partial charge in [-0.3, -0.25) is 9.59 Å². The monoisotopic (exact) mass is 499 g/mol. The Morgan fingerprint density at radius 1 is 0.871 bits per heavy atom. The van der Waals surface area contributed by atoms with E-state index < -0.39 is 9.84 Å². The van der Waals surface area contributed by atoms with Gasteiger partial charge in [-0.2, -0.15) is 0 Å². The van der Waals surface area contributed by atoms with Gasteiger partial charge in [0.15, 0.2) is 15.6 Å². The molecule has 0 heterocycles. The minimum atomic E-state index is -3.31. The first kappa shape index (κ1) is 22.9. The third kappa shape index (κ3) is 6.87. The van der Waals surface area contributed by atoms with Crippen LogP contribution < -0.4 is 5.32 Å². The van der Waals surface area contributed by atoms with E-state index in [0.717, 1.165) is 10.0 Å². The lowest BCUT2D eigenvalue weighted by Crippen LogP contribution is -2.17. The van der Waals surface area contributed by atoms with Gasteiger partial charge in [0.2, 0.25) is 5.91 Å². The SMILES string of the molecule is O=C(CCCS(=O)(=O)Cc1ccccc1)Nc1ccc(Br)cc1C(=O)c1ccccc1. The molecule has 0 bridgehead atoms. The zero-order valence-corrected chi connectivity index (χ0v) is 19.2. The summed E-state index contributed by atoms with van der Waals surface area (Å²) >= 11 is 3.36. The molecule has 0 atom stereocenters. The summed E-state index contributed by atoms with van der Waals surface area (Å²) in [7, 11) is -3.31. The van der Waals surface area contributed by atoms with Crippen LogP contribution in [0.5, 0.6) is 0 Å². The van der Waals surface area contributed by atoms with Crippen molar-refractivity contribution in [1.29, 1.82) is 0 Å². The molecule has 0 saturated heterocycles. The number of carbonyl (C=O) groups excluding carboxylic acids is 2. The Morgan fingerprint density at radius 2 is 1.52 bits per heavy atom. The van der Waals surface area contributed by atoms with Crippen molar-refractivity contribution in [2.24, 2.45) is 0 Å². The molecule has 0 radical (unpaired) electrons. The lowest BCUT2D eigenvalue weighted by Gasteiger charge is -2.11. The summed E-state index contributed by atoms with van der Waals surface area (Å²) < 4.78 is 25.3. The number of halogens is 1. The number of hydrogen-bond acceptors (Lipinski definition) is 4. The van der Waals surface area contributed by atoms with E-state index in [2.05, 4.69) is 21.2 Å². The maximum atomic E-state index is 12.9. The molecule has 1 amide bonds. The second-order valence-corrected chi connectivity index (χ2v) is 10.2. The number of anilines is 1. The summed E-state index contributed by atoms with van der Waals surface area (Å²) in [4.78, 5) is 25.3. The normalized spacial score (nSPS) is 11.1. The summed E-state index contributed by atoms with van der Waals surface area (Å²) in [5.41, 5.74) is 2.01. The molecular weight excluding hydrogens is 478 g/mol. The van der Waals surface area contributed by atoms with E-state index in [1.54, 1.807) is 66.7 Å². The minimum Gasteiger partial charge on any atom is -0.325 e. The van der Waals surface area contributed by atoms with E-state index in [-0.39, 0.29) is 36.0 Å². The Balaban J connectivity index is 1.61. The van der Waals surface area contributed by atoms with E-state index in [1.165, 1.54) is 0 Å². The Kier molecular flexibility index (Phi) is 7.76. The van der Waals surface area contributed by atoms with Crippen LogP contribution in [-0.4, -0.2) is 25.9 Å². The summed E-state index contributed by atoms with van der Waals surface area (Å²) in [6.45, 7) is 0. The van der Waals surface area contributed by atoms with E-state index >= 15 is 0 Å². The van der Waals surface area contributed by atoms with Crippen LogP contribution in [0.2, 0.25) is 0 Å². The van der Waals surface area contributed by atoms with E-state index in [4.69, 9.17) is 0 Å². The van der Waals surface area contributed by atoms with Gasteiger partial charge in [0.05, 0.1) is 17.2 Å². The Morgan fingerprint density at radius 3 is 2.19 bits per heavy atom. The summed E-state index contributed by atoms with van der Waals surface area (Å²) in [6, 6.07) is 22.8. The van der Waals surface area contributed by atoms with Crippen LogP contribution in [0.3, 0.4) is 0 Å². The molecule has 0 unspecified atom stereocenters. The van der Waals surface area contributed by atoms with Crippen molar-refractivity contribution >= 4 is 43.1 Å². The van der Waals surface area contributed by atoms with Gasteiger partial charge in [0.1, 0.15) is 0 Å². The summed E-state index contributed by atoms with van der Waals surface area (Å²) in [5, 5.41) is 2.75. The van der Waals surface area contributed by atoms with Crippen molar-refractivity contribution in [2.45, 2.75) is 18.6 Å². The average molecular weight is 500 g/mol. The zero-order chi connectivity index (χ0) is 22.3. The first-order valence-electron chi connectivity index (χ1n) is 9.77. The highest BCUT2D eigenvalue weighted by atomic mass is 79.9. The van der Waals surface area contributed by atoms with Crippen LogP contribution in [0.1, 0.15) is 34.3 Å². The number of rotatable bonds is 9. The molecule has 160 valence electrons. The third-order valence-corrected chi connectivity index (χ3v) is 6.80. The molecule has 0 spiro atoms. The van der Waals surface area contributed by atoms with Crippen LogP contribution in [0.15, 0.2) is 83.3 Å². The maximum absolute atomic E-state index is 12.9. The Hall–Kier alpha value is -2.77. The number of sulfone groups is 1. The molecule has 5 nitrogen and oxygen atoms in total. The first-order chi connectivity index (χ1) is 14.8. The molecule has 0 saturated carbocycles. The molecule has 0 fully saturated rings. The van der Waals surface area contributed by atoms with Crippen molar-refractivity contribution in [1.82, 2.24) is 0 Å². The van der Waals surface area contributed by atoms with Gasteiger partial charge in [-0.25, -0.2) is 8.42 Å².